The van der Waals surface area contributed by atoms with Crippen LogP contribution in [0.2, 0.25) is 0 Å². The lowest BCUT2D eigenvalue weighted by Crippen LogP contribution is -2.35. The van der Waals surface area contributed by atoms with Gasteiger partial charge in [-0.1, -0.05) is 18.9 Å². The lowest BCUT2D eigenvalue weighted by molar-refractivity contribution is 0.0697. The molecule has 0 unspecified atom stereocenters. The minimum atomic E-state index is -0.945. The Morgan fingerprint density at radius 3 is 2.62 bits per heavy atom. The van der Waals surface area contributed by atoms with E-state index in [4.69, 9.17) is 4.74 Å². The summed E-state index contributed by atoms with van der Waals surface area (Å²) < 4.78 is 23.2. The van der Waals surface area contributed by atoms with Gasteiger partial charge in [-0.3, -0.25) is 4.90 Å². The number of aromatic carboxylic acids is 1. The van der Waals surface area contributed by atoms with Crippen molar-refractivity contribution in [3.05, 3.63) is 53.1 Å². The van der Waals surface area contributed by atoms with Crippen LogP contribution in [-0.4, -0.2) is 46.4 Å². The average molecular weight is 465 g/mol. The maximum absolute atomic E-state index is 15.4. The third-order valence-corrected chi connectivity index (χ3v) is 7.69. The molecule has 0 saturated heterocycles. The first-order valence-electron chi connectivity index (χ1n) is 12.3. The molecule has 2 aromatic carbocycles. The van der Waals surface area contributed by atoms with E-state index in [-0.39, 0.29) is 11.5 Å². The summed E-state index contributed by atoms with van der Waals surface area (Å²) in [4.78, 5) is 14.2. The molecule has 1 N–H and O–H groups in total. The molecular weight excluding hydrogens is 431 g/mol. The normalized spacial score (nSPS) is 21.1. The van der Waals surface area contributed by atoms with Crippen LogP contribution in [0.5, 0.6) is 5.75 Å². The molecule has 1 aliphatic heterocycles. The fraction of sp³-hybridized carbons (Fsp3) is 0.464. The molecule has 0 amide bonds. The van der Waals surface area contributed by atoms with Crippen molar-refractivity contribution in [2.45, 2.75) is 70.8 Å². The second kappa shape index (κ2) is 9.06. The highest BCUT2D eigenvalue weighted by atomic mass is 19.1. The quantitative estimate of drug-likeness (QED) is 0.497. The van der Waals surface area contributed by atoms with Gasteiger partial charge in [0.15, 0.2) is 0 Å². The van der Waals surface area contributed by atoms with E-state index in [0.29, 0.717) is 12.5 Å². The van der Waals surface area contributed by atoms with Gasteiger partial charge in [0.05, 0.1) is 18.4 Å². The highest BCUT2D eigenvalue weighted by Crippen LogP contribution is 2.47. The summed E-state index contributed by atoms with van der Waals surface area (Å²) in [6.45, 7) is 6.72. The molecule has 1 aliphatic carbocycles. The van der Waals surface area contributed by atoms with Crippen LogP contribution in [0.3, 0.4) is 0 Å². The topological polar surface area (TPSA) is 54.7 Å². The van der Waals surface area contributed by atoms with Gasteiger partial charge < -0.3 is 14.4 Å². The van der Waals surface area contributed by atoms with E-state index in [1.807, 2.05) is 12.1 Å². The van der Waals surface area contributed by atoms with E-state index in [0.717, 1.165) is 77.9 Å². The van der Waals surface area contributed by atoms with Crippen LogP contribution in [0.25, 0.3) is 22.2 Å². The van der Waals surface area contributed by atoms with Crippen molar-refractivity contribution in [2.75, 3.05) is 13.7 Å². The molecule has 0 bridgehead atoms. The molecule has 1 aromatic heterocycles. The minimum Gasteiger partial charge on any atom is -0.497 e. The van der Waals surface area contributed by atoms with Crippen molar-refractivity contribution >= 4 is 16.9 Å². The third kappa shape index (κ3) is 3.88. The summed E-state index contributed by atoms with van der Waals surface area (Å²) in [6.07, 6.45) is 2.45. The highest BCUT2D eigenvalue weighted by molar-refractivity contribution is 5.98. The standard InChI is InChI=1S/C28H33FN2O3/c1-17(2)30-12-13-31-25-15-18(28(32)33)8-10-23(25)26(22-6-4-5-7-24(22)29)27(31)21-11-9-20(34-3)14-19(21)16-30/h8-11,14-15,17,22,24H,4-7,12-13,16H2,1-3H3,(H,32,33)/t22-,24-/m1/s1. The number of benzene rings is 2. The molecule has 34 heavy (non-hydrogen) atoms. The van der Waals surface area contributed by atoms with E-state index in [1.165, 1.54) is 0 Å². The first kappa shape index (κ1) is 22.9. The maximum Gasteiger partial charge on any atom is 0.335 e. The lowest BCUT2D eigenvalue weighted by atomic mass is 9.80. The van der Waals surface area contributed by atoms with Gasteiger partial charge in [0.2, 0.25) is 0 Å². The van der Waals surface area contributed by atoms with E-state index in [9.17, 15) is 9.90 Å². The van der Waals surface area contributed by atoms with Gasteiger partial charge in [-0.25, -0.2) is 9.18 Å². The Bertz CT molecular complexity index is 1230. The summed E-state index contributed by atoms with van der Waals surface area (Å²) in [5, 5.41) is 10.7. The van der Waals surface area contributed by atoms with Gasteiger partial charge in [-0.05, 0) is 68.1 Å². The van der Waals surface area contributed by atoms with Crippen LogP contribution in [0, 0.1) is 0 Å². The number of methoxy groups -OCH3 is 1. The molecule has 3 aromatic rings. The fourth-order valence-corrected chi connectivity index (χ4v) is 5.84. The number of ether oxygens (including phenoxy) is 1. The lowest BCUT2D eigenvalue weighted by Gasteiger charge is -2.32. The highest BCUT2D eigenvalue weighted by Gasteiger charge is 2.34. The van der Waals surface area contributed by atoms with E-state index in [2.05, 4.69) is 35.4 Å². The number of carboxylic acid groups (broad SMARTS) is 1. The van der Waals surface area contributed by atoms with Crippen LogP contribution in [0.4, 0.5) is 4.39 Å². The Morgan fingerprint density at radius 2 is 1.91 bits per heavy atom. The van der Waals surface area contributed by atoms with E-state index in [1.54, 1.807) is 19.2 Å². The van der Waals surface area contributed by atoms with Gasteiger partial charge in [0.25, 0.3) is 0 Å². The zero-order chi connectivity index (χ0) is 24.0. The van der Waals surface area contributed by atoms with Gasteiger partial charge in [0.1, 0.15) is 11.9 Å². The Labute approximate surface area is 200 Å². The average Bonchev–Trinajstić information content (AvgIpc) is 3.12. The molecule has 2 aliphatic rings. The Hall–Kier alpha value is -2.86. The molecule has 0 radical (unpaired) electrons. The number of hydrogen-bond donors (Lipinski definition) is 1. The van der Waals surface area contributed by atoms with Crippen LogP contribution < -0.4 is 4.74 Å². The predicted octanol–water partition coefficient (Wildman–Crippen LogP) is 6.23. The van der Waals surface area contributed by atoms with Crippen molar-refractivity contribution in [1.29, 1.82) is 0 Å². The molecule has 2 heterocycles. The molecule has 2 atom stereocenters. The van der Waals surface area contributed by atoms with Crippen molar-refractivity contribution < 1.29 is 19.0 Å². The number of halogens is 1. The number of carbonyl (C=O) groups is 1. The van der Waals surface area contributed by atoms with Gasteiger partial charge in [0, 0.05) is 48.1 Å². The Kier molecular flexibility index (Phi) is 6.11. The minimum absolute atomic E-state index is 0.182. The summed E-state index contributed by atoms with van der Waals surface area (Å²) in [5.41, 5.74) is 5.49. The summed E-state index contributed by atoms with van der Waals surface area (Å²) in [7, 11) is 1.68. The summed E-state index contributed by atoms with van der Waals surface area (Å²) >= 11 is 0. The van der Waals surface area contributed by atoms with Gasteiger partial charge >= 0.3 is 5.97 Å². The van der Waals surface area contributed by atoms with E-state index < -0.39 is 12.1 Å². The first-order valence-corrected chi connectivity index (χ1v) is 12.3. The van der Waals surface area contributed by atoms with Crippen LogP contribution in [-0.2, 0) is 13.1 Å². The largest absolute Gasteiger partial charge is 0.497 e. The van der Waals surface area contributed by atoms with Crippen molar-refractivity contribution in [2.24, 2.45) is 0 Å². The second-order valence-corrected chi connectivity index (χ2v) is 9.95. The van der Waals surface area contributed by atoms with Crippen LogP contribution in [0.15, 0.2) is 36.4 Å². The molecule has 180 valence electrons. The van der Waals surface area contributed by atoms with Crippen LogP contribution >= 0.6 is 0 Å². The summed E-state index contributed by atoms with van der Waals surface area (Å²) in [6, 6.07) is 11.8. The number of carboxylic acids is 1. The number of hydrogen-bond acceptors (Lipinski definition) is 3. The fourth-order valence-electron chi connectivity index (χ4n) is 5.84. The third-order valence-electron chi connectivity index (χ3n) is 7.69. The molecule has 0 spiro atoms. The number of rotatable bonds is 4. The number of nitrogens with zero attached hydrogens (tertiary/aromatic N) is 2. The number of fused-ring (bicyclic) bond motifs is 5. The monoisotopic (exact) mass is 464 g/mol. The van der Waals surface area contributed by atoms with Gasteiger partial charge in [-0.15, -0.1) is 0 Å². The zero-order valence-corrected chi connectivity index (χ0v) is 20.2. The Morgan fingerprint density at radius 1 is 1.12 bits per heavy atom. The molecule has 1 saturated carbocycles. The smallest absolute Gasteiger partial charge is 0.335 e. The maximum atomic E-state index is 15.4. The second-order valence-electron chi connectivity index (χ2n) is 9.95. The van der Waals surface area contributed by atoms with Crippen LogP contribution in [0.1, 0.15) is 66.9 Å². The first-order chi connectivity index (χ1) is 16.4. The van der Waals surface area contributed by atoms with Crippen molar-refractivity contribution in [3.63, 3.8) is 0 Å². The Balaban J connectivity index is 1.83. The molecule has 5 rings (SSSR count). The molecule has 6 heteroatoms. The van der Waals surface area contributed by atoms with E-state index >= 15 is 4.39 Å². The van der Waals surface area contributed by atoms with Gasteiger partial charge in [-0.2, -0.15) is 0 Å². The SMILES string of the molecule is COc1ccc2c(c1)CN(C(C)C)CCn1c-2c([C@@H]2CCCC[C@H]2F)c2ccc(C(=O)O)cc21. The van der Waals surface area contributed by atoms with Crippen molar-refractivity contribution in [1.82, 2.24) is 9.47 Å². The molecule has 5 nitrogen and oxygen atoms in total. The molecule has 1 fully saturated rings. The number of aromatic nitrogens is 1. The molecular formula is C28H33FN2O3. The van der Waals surface area contributed by atoms with Crippen molar-refractivity contribution in [3.8, 4) is 17.0 Å². The summed E-state index contributed by atoms with van der Waals surface area (Å²) in [5.74, 6) is -0.319. The number of alkyl halides is 1. The zero-order valence-electron chi connectivity index (χ0n) is 20.2. The predicted molar refractivity (Wildman–Crippen MR) is 133 cm³/mol.